The Morgan fingerprint density at radius 3 is 2.89 bits per heavy atom. The minimum absolute atomic E-state index is 0.0319. The van der Waals surface area contributed by atoms with Gasteiger partial charge in [0.25, 0.3) is 0 Å². The number of hydrogen-bond donors (Lipinski definition) is 2. The van der Waals surface area contributed by atoms with E-state index in [1.165, 1.54) is 6.20 Å². The summed E-state index contributed by atoms with van der Waals surface area (Å²) in [6.07, 6.45) is 1.99. The Hall–Kier alpha value is -1.47. The molecule has 0 saturated carbocycles. The van der Waals surface area contributed by atoms with Gasteiger partial charge in [-0.05, 0) is 40.5 Å². The lowest BCUT2D eigenvalue weighted by molar-refractivity contribution is 0.0692. The van der Waals surface area contributed by atoms with Crippen LogP contribution in [0.25, 0.3) is 0 Å². The van der Waals surface area contributed by atoms with Gasteiger partial charge in [-0.2, -0.15) is 0 Å². The highest BCUT2D eigenvalue weighted by atomic mass is 79.9. The highest BCUT2D eigenvalue weighted by Crippen LogP contribution is 2.22. The number of nitrogens with zero attached hydrogens (tertiary/aromatic N) is 1. The minimum Gasteiger partial charge on any atom is -0.478 e. The molecule has 0 atom stereocenters. The highest BCUT2D eigenvalue weighted by molar-refractivity contribution is 9.11. The van der Waals surface area contributed by atoms with Gasteiger partial charge in [-0.15, -0.1) is 11.3 Å². The molecule has 0 radical (unpaired) electrons. The van der Waals surface area contributed by atoms with E-state index in [0.29, 0.717) is 13.0 Å². The van der Waals surface area contributed by atoms with Crippen LogP contribution in [0.1, 0.15) is 15.2 Å². The van der Waals surface area contributed by atoms with Crippen molar-refractivity contribution in [3.63, 3.8) is 0 Å². The van der Waals surface area contributed by atoms with E-state index in [-0.39, 0.29) is 11.4 Å². The van der Waals surface area contributed by atoms with E-state index in [0.717, 1.165) is 14.7 Å². The number of carboxylic acids is 1. The third kappa shape index (κ3) is 3.51. The second-order valence-electron chi connectivity index (χ2n) is 3.71. The summed E-state index contributed by atoms with van der Waals surface area (Å²) in [7, 11) is 0. The van der Waals surface area contributed by atoms with Crippen LogP contribution >= 0.6 is 27.3 Å². The molecule has 2 N–H and O–H groups in total. The Bertz CT molecular complexity index is 603. The lowest BCUT2D eigenvalue weighted by Crippen LogP contribution is -2.10. The van der Waals surface area contributed by atoms with Gasteiger partial charge in [0.15, 0.2) is 11.6 Å². The van der Waals surface area contributed by atoms with E-state index in [2.05, 4.69) is 26.2 Å². The Kier molecular flexibility index (Phi) is 4.49. The molecule has 2 aromatic heterocycles. The predicted molar refractivity (Wildman–Crippen MR) is 75.4 cm³/mol. The van der Waals surface area contributed by atoms with E-state index in [9.17, 15) is 9.18 Å². The molecule has 0 fully saturated rings. The average molecular weight is 345 g/mol. The van der Waals surface area contributed by atoms with E-state index < -0.39 is 11.8 Å². The number of hydrogen-bond acceptors (Lipinski definition) is 4. The first-order valence-corrected chi connectivity index (χ1v) is 7.05. The van der Waals surface area contributed by atoms with Crippen molar-refractivity contribution in [2.24, 2.45) is 0 Å². The van der Waals surface area contributed by atoms with Gasteiger partial charge in [0.05, 0.1) is 3.79 Å². The fraction of sp³-hybridized carbons (Fsp3) is 0.167. The first-order chi connectivity index (χ1) is 9.08. The normalized spacial score (nSPS) is 10.4. The van der Waals surface area contributed by atoms with Gasteiger partial charge in [0.1, 0.15) is 5.56 Å². The van der Waals surface area contributed by atoms with Gasteiger partial charge in [0.2, 0.25) is 0 Å². The van der Waals surface area contributed by atoms with E-state index in [1.54, 1.807) is 11.3 Å². The number of halogens is 2. The lowest BCUT2D eigenvalue weighted by atomic mass is 10.2. The van der Waals surface area contributed by atoms with Crippen molar-refractivity contribution in [2.45, 2.75) is 6.42 Å². The molecule has 100 valence electrons. The molecule has 0 amide bonds. The molecule has 2 rings (SSSR count). The lowest BCUT2D eigenvalue weighted by Gasteiger charge is -2.07. The Morgan fingerprint density at radius 2 is 2.26 bits per heavy atom. The van der Waals surface area contributed by atoms with Crippen LogP contribution in [0.2, 0.25) is 0 Å². The summed E-state index contributed by atoms with van der Waals surface area (Å²) in [6, 6.07) is 5.07. The summed E-state index contributed by atoms with van der Waals surface area (Å²) in [6.45, 7) is 0.486. The van der Waals surface area contributed by atoms with Gasteiger partial charge in [-0.3, -0.25) is 0 Å². The zero-order chi connectivity index (χ0) is 13.8. The Balaban J connectivity index is 2.00. The van der Waals surface area contributed by atoms with Crippen LogP contribution in [-0.4, -0.2) is 22.6 Å². The van der Waals surface area contributed by atoms with Crippen LogP contribution in [0.3, 0.4) is 0 Å². The summed E-state index contributed by atoms with van der Waals surface area (Å²) in [5.41, 5.74) is -0.378. The van der Waals surface area contributed by atoms with Crippen LogP contribution in [0, 0.1) is 5.82 Å². The number of carbonyl (C=O) groups is 1. The minimum atomic E-state index is -1.30. The Labute approximate surface area is 121 Å². The molecule has 0 aromatic carbocycles. The first kappa shape index (κ1) is 14.0. The number of nitrogens with one attached hydrogen (secondary N) is 1. The maximum absolute atomic E-state index is 13.7. The smallest absolute Gasteiger partial charge is 0.338 e. The van der Waals surface area contributed by atoms with E-state index in [1.807, 2.05) is 12.1 Å². The number of carboxylic acid groups (broad SMARTS) is 1. The van der Waals surface area contributed by atoms with Crippen molar-refractivity contribution in [3.05, 3.63) is 44.4 Å². The van der Waals surface area contributed by atoms with Gasteiger partial charge in [0, 0.05) is 17.6 Å². The largest absolute Gasteiger partial charge is 0.478 e. The topological polar surface area (TPSA) is 62.2 Å². The molecule has 0 aliphatic rings. The zero-order valence-corrected chi connectivity index (χ0v) is 12.1. The number of aromatic carboxylic acids is 1. The number of aromatic nitrogens is 1. The number of pyridine rings is 1. The quantitative estimate of drug-likeness (QED) is 0.872. The van der Waals surface area contributed by atoms with Crippen LogP contribution in [0.15, 0.2) is 28.2 Å². The molecular formula is C12H10BrFN2O2S. The molecule has 2 heterocycles. The number of rotatable bonds is 5. The van der Waals surface area contributed by atoms with Crippen molar-refractivity contribution in [3.8, 4) is 0 Å². The number of thiophene rings is 1. The summed E-state index contributed by atoms with van der Waals surface area (Å²) >= 11 is 4.97. The summed E-state index contributed by atoms with van der Waals surface area (Å²) in [5, 5.41) is 11.6. The molecule has 7 heteroatoms. The standard InChI is InChI=1S/C12H10BrFN2O2S/c13-9-2-1-7(19-9)3-5-15-11-10(14)8(12(17)18)4-6-16-11/h1-2,4,6H,3,5H2,(H,15,16)(H,17,18). The molecule has 0 saturated heterocycles. The molecule has 0 bridgehead atoms. The summed E-state index contributed by atoms with van der Waals surface area (Å²) in [4.78, 5) is 15.7. The second-order valence-corrected chi connectivity index (χ2v) is 6.26. The van der Waals surface area contributed by atoms with Crippen LogP contribution in [0.4, 0.5) is 10.2 Å². The maximum Gasteiger partial charge on any atom is 0.338 e. The van der Waals surface area contributed by atoms with Crippen molar-refractivity contribution >= 4 is 39.1 Å². The second kappa shape index (κ2) is 6.12. The molecule has 4 nitrogen and oxygen atoms in total. The fourth-order valence-corrected chi connectivity index (χ4v) is 3.01. The molecule has 0 aliphatic carbocycles. The van der Waals surface area contributed by atoms with Crippen LogP contribution < -0.4 is 5.32 Å². The third-order valence-corrected chi connectivity index (χ3v) is 4.10. The monoisotopic (exact) mass is 344 g/mol. The Morgan fingerprint density at radius 1 is 1.47 bits per heavy atom. The van der Waals surface area contributed by atoms with Gasteiger partial charge in [-0.25, -0.2) is 14.2 Å². The van der Waals surface area contributed by atoms with Gasteiger partial charge < -0.3 is 10.4 Å². The predicted octanol–water partition coefficient (Wildman–Crippen LogP) is 3.40. The highest BCUT2D eigenvalue weighted by Gasteiger charge is 2.14. The molecule has 19 heavy (non-hydrogen) atoms. The molecule has 0 unspecified atom stereocenters. The van der Waals surface area contributed by atoms with Gasteiger partial charge in [-0.1, -0.05) is 0 Å². The maximum atomic E-state index is 13.7. The van der Waals surface area contributed by atoms with Crippen LogP contribution in [-0.2, 0) is 6.42 Å². The summed E-state index contributed by atoms with van der Waals surface area (Å²) in [5.74, 6) is -2.16. The van der Waals surface area contributed by atoms with E-state index in [4.69, 9.17) is 5.11 Å². The van der Waals surface area contributed by atoms with Crippen molar-refractivity contribution in [2.75, 3.05) is 11.9 Å². The van der Waals surface area contributed by atoms with Gasteiger partial charge >= 0.3 is 5.97 Å². The SMILES string of the molecule is O=C(O)c1ccnc(NCCc2ccc(Br)s2)c1F. The molecule has 2 aromatic rings. The molecular weight excluding hydrogens is 335 g/mol. The third-order valence-electron chi connectivity index (χ3n) is 2.41. The average Bonchev–Trinajstić information content (AvgIpc) is 2.77. The van der Waals surface area contributed by atoms with Crippen molar-refractivity contribution < 1.29 is 14.3 Å². The van der Waals surface area contributed by atoms with Crippen molar-refractivity contribution in [1.29, 1.82) is 0 Å². The summed E-state index contributed by atoms with van der Waals surface area (Å²) < 4.78 is 14.8. The van der Waals surface area contributed by atoms with Crippen LogP contribution in [0.5, 0.6) is 0 Å². The first-order valence-electron chi connectivity index (χ1n) is 5.44. The zero-order valence-electron chi connectivity index (χ0n) is 9.69. The molecule has 0 spiro atoms. The molecule has 0 aliphatic heterocycles. The number of anilines is 1. The van der Waals surface area contributed by atoms with E-state index >= 15 is 0 Å². The van der Waals surface area contributed by atoms with Crippen molar-refractivity contribution in [1.82, 2.24) is 4.98 Å². The fourth-order valence-electron chi connectivity index (χ4n) is 1.52.